The first-order chi connectivity index (χ1) is 11.4. The predicted molar refractivity (Wildman–Crippen MR) is 97.8 cm³/mol. The molecule has 128 valence electrons. The van der Waals surface area contributed by atoms with E-state index in [0.29, 0.717) is 18.6 Å². The summed E-state index contributed by atoms with van der Waals surface area (Å²) in [4.78, 5) is 27.4. The third-order valence-electron chi connectivity index (χ3n) is 4.43. The van der Waals surface area contributed by atoms with Gasteiger partial charge >= 0.3 is 5.97 Å². The van der Waals surface area contributed by atoms with Gasteiger partial charge in [0.25, 0.3) is 0 Å². The zero-order valence-electron chi connectivity index (χ0n) is 14.0. The van der Waals surface area contributed by atoms with E-state index in [1.807, 2.05) is 19.9 Å². The number of dihydropyridines is 1. The molecule has 4 nitrogen and oxygen atoms in total. The summed E-state index contributed by atoms with van der Waals surface area (Å²) in [7, 11) is 0. The van der Waals surface area contributed by atoms with Gasteiger partial charge in [-0.15, -0.1) is 11.3 Å². The van der Waals surface area contributed by atoms with Crippen molar-refractivity contribution in [3.05, 3.63) is 42.8 Å². The number of carbonyl (C=O) groups excluding carboxylic acids is 2. The lowest BCUT2D eigenvalue weighted by Crippen LogP contribution is -2.34. The van der Waals surface area contributed by atoms with Gasteiger partial charge in [-0.3, -0.25) is 4.79 Å². The Kier molecular flexibility index (Phi) is 4.97. The van der Waals surface area contributed by atoms with Crippen molar-refractivity contribution < 1.29 is 14.3 Å². The molecular weight excluding hydrogens is 390 g/mol. The summed E-state index contributed by atoms with van der Waals surface area (Å²) < 4.78 is 6.28. The standard InChI is InChI=1S/C18H20BrNO3S/c1-4-23-18(22)15-9(2)20-12-6-5-7-13(21)16(12)17(15)14-8-11(19)10(3)24-14/h8,17,20H,4-7H2,1-3H3/t17-/m0/s1. The average molecular weight is 410 g/mol. The van der Waals surface area contributed by atoms with Crippen molar-refractivity contribution in [2.24, 2.45) is 0 Å². The Hall–Kier alpha value is -1.40. The summed E-state index contributed by atoms with van der Waals surface area (Å²) in [5.74, 6) is -0.548. The van der Waals surface area contributed by atoms with Gasteiger partial charge in [0.05, 0.1) is 18.1 Å². The minimum Gasteiger partial charge on any atom is -0.463 e. The maximum absolute atomic E-state index is 12.7. The van der Waals surface area contributed by atoms with E-state index < -0.39 is 0 Å². The van der Waals surface area contributed by atoms with E-state index in [1.54, 1.807) is 18.3 Å². The molecule has 2 aliphatic rings. The SMILES string of the molecule is CCOC(=O)C1=C(C)NC2=C(C(=O)CCC2)[C@H]1c1cc(Br)c(C)s1. The number of allylic oxidation sites excluding steroid dienone is 3. The van der Waals surface area contributed by atoms with Crippen molar-refractivity contribution in [3.8, 4) is 0 Å². The van der Waals surface area contributed by atoms with Crippen LogP contribution in [0.15, 0.2) is 33.1 Å². The van der Waals surface area contributed by atoms with E-state index in [0.717, 1.165) is 44.0 Å². The fourth-order valence-corrected chi connectivity index (χ4v) is 5.05. The molecular formula is C18H20BrNO3S. The lowest BCUT2D eigenvalue weighted by Gasteiger charge is -2.33. The Morgan fingerprint density at radius 2 is 2.17 bits per heavy atom. The molecule has 2 heterocycles. The van der Waals surface area contributed by atoms with Crippen LogP contribution in [0.2, 0.25) is 0 Å². The number of rotatable bonds is 3. The predicted octanol–water partition coefficient (Wildman–Crippen LogP) is 4.35. The second-order valence-electron chi connectivity index (χ2n) is 6.04. The zero-order chi connectivity index (χ0) is 17.4. The molecule has 0 saturated heterocycles. The first-order valence-electron chi connectivity index (χ1n) is 8.11. The van der Waals surface area contributed by atoms with Gasteiger partial charge in [-0.05, 0) is 55.6 Å². The van der Waals surface area contributed by atoms with E-state index in [9.17, 15) is 9.59 Å². The molecule has 0 saturated carbocycles. The number of hydrogen-bond donors (Lipinski definition) is 1. The second kappa shape index (κ2) is 6.84. The van der Waals surface area contributed by atoms with Crippen LogP contribution >= 0.6 is 27.3 Å². The Morgan fingerprint density at radius 3 is 2.79 bits per heavy atom. The molecule has 0 spiro atoms. The Morgan fingerprint density at radius 1 is 1.42 bits per heavy atom. The van der Waals surface area contributed by atoms with Crippen LogP contribution in [-0.4, -0.2) is 18.4 Å². The number of carbonyl (C=O) groups is 2. The van der Waals surface area contributed by atoms with Gasteiger partial charge in [0.1, 0.15) is 0 Å². The normalized spacial score (nSPS) is 20.8. The number of Topliss-reactive ketones (excluding diaryl/α,β-unsaturated/α-hetero) is 1. The molecule has 1 aromatic rings. The molecule has 1 N–H and O–H groups in total. The van der Waals surface area contributed by atoms with Gasteiger partial charge < -0.3 is 10.1 Å². The Labute approximate surface area is 154 Å². The van der Waals surface area contributed by atoms with Crippen LogP contribution in [0.1, 0.15) is 48.8 Å². The molecule has 6 heteroatoms. The van der Waals surface area contributed by atoms with Crippen LogP contribution < -0.4 is 5.32 Å². The van der Waals surface area contributed by atoms with Crippen molar-refractivity contribution in [3.63, 3.8) is 0 Å². The van der Waals surface area contributed by atoms with Crippen LogP contribution in [0.5, 0.6) is 0 Å². The highest BCUT2D eigenvalue weighted by atomic mass is 79.9. The molecule has 3 rings (SSSR count). The topological polar surface area (TPSA) is 55.4 Å². The van der Waals surface area contributed by atoms with E-state index in [1.165, 1.54) is 0 Å². The van der Waals surface area contributed by atoms with Gasteiger partial charge in [-0.25, -0.2) is 4.79 Å². The number of ketones is 1. The van der Waals surface area contributed by atoms with Crippen LogP contribution in [0.25, 0.3) is 0 Å². The molecule has 24 heavy (non-hydrogen) atoms. The molecule has 1 atom stereocenters. The van der Waals surface area contributed by atoms with Gasteiger partial charge in [0.2, 0.25) is 0 Å². The van der Waals surface area contributed by atoms with Crippen molar-refractivity contribution in [2.75, 3.05) is 6.61 Å². The number of ether oxygens (including phenoxy) is 1. The average Bonchev–Trinajstić information content (AvgIpc) is 2.85. The highest BCUT2D eigenvalue weighted by Crippen LogP contribution is 2.45. The summed E-state index contributed by atoms with van der Waals surface area (Å²) in [6, 6.07) is 2.02. The molecule has 0 fully saturated rings. The summed E-state index contributed by atoms with van der Waals surface area (Å²) in [6.45, 7) is 6.02. The highest BCUT2D eigenvalue weighted by Gasteiger charge is 2.39. The number of thiophene rings is 1. The zero-order valence-corrected chi connectivity index (χ0v) is 16.4. The number of esters is 1. The molecule has 0 radical (unpaired) electrons. The number of nitrogens with one attached hydrogen (secondary N) is 1. The summed E-state index contributed by atoms with van der Waals surface area (Å²) >= 11 is 5.17. The van der Waals surface area contributed by atoms with E-state index in [4.69, 9.17) is 4.74 Å². The van der Waals surface area contributed by atoms with E-state index in [-0.39, 0.29) is 17.7 Å². The first kappa shape index (κ1) is 17.4. The maximum atomic E-state index is 12.7. The highest BCUT2D eigenvalue weighted by molar-refractivity contribution is 9.10. The van der Waals surface area contributed by atoms with Crippen LogP contribution in [0.4, 0.5) is 0 Å². The molecule has 1 aliphatic carbocycles. The Bertz CT molecular complexity index is 756. The molecule has 0 amide bonds. The molecule has 1 aromatic heterocycles. The van der Waals surface area contributed by atoms with Gasteiger partial charge in [0, 0.05) is 37.6 Å². The van der Waals surface area contributed by atoms with Gasteiger partial charge in [0.15, 0.2) is 5.78 Å². The van der Waals surface area contributed by atoms with Crippen molar-refractivity contribution in [1.82, 2.24) is 5.32 Å². The molecule has 0 aromatic carbocycles. The van der Waals surface area contributed by atoms with Crippen LogP contribution in [-0.2, 0) is 14.3 Å². The lowest BCUT2D eigenvalue weighted by atomic mass is 9.78. The largest absolute Gasteiger partial charge is 0.463 e. The van der Waals surface area contributed by atoms with Gasteiger partial charge in [-0.1, -0.05) is 0 Å². The maximum Gasteiger partial charge on any atom is 0.336 e. The third-order valence-corrected chi connectivity index (χ3v) is 6.63. The number of halogens is 1. The minimum absolute atomic E-state index is 0.130. The number of aryl methyl sites for hydroxylation is 1. The van der Waals surface area contributed by atoms with Crippen molar-refractivity contribution in [2.45, 2.75) is 46.0 Å². The second-order valence-corrected chi connectivity index (χ2v) is 8.18. The van der Waals surface area contributed by atoms with Crippen LogP contribution in [0, 0.1) is 6.92 Å². The Balaban J connectivity index is 2.17. The molecule has 0 bridgehead atoms. The third kappa shape index (κ3) is 2.97. The van der Waals surface area contributed by atoms with E-state index in [2.05, 4.69) is 21.2 Å². The van der Waals surface area contributed by atoms with Crippen molar-refractivity contribution >= 4 is 39.0 Å². The fourth-order valence-electron chi connectivity index (χ4n) is 3.37. The lowest BCUT2D eigenvalue weighted by molar-refractivity contribution is -0.138. The monoisotopic (exact) mass is 409 g/mol. The number of hydrogen-bond acceptors (Lipinski definition) is 5. The van der Waals surface area contributed by atoms with Gasteiger partial charge in [-0.2, -0.15) is 0 Å². The fraction of sp³-hybridized carbons (Fsp3) is 0.444. The molecule has 0 unspecified atom stereocenters. The van der Waals surface area contributed by atoms with Crippen LogP contribution in [0.3, 0.4) is 0 Å². The smallest absolute Gasteiger partial charge is 0.336 e. The first-order valence-corrected chi connectivity index (χ1v) is 9.72. The van der Waals surface area contributed by atoms with Crippen molar-refractivity contribution in [1.29, 1.82) is 0 Å². The molecule has 1 aliphatic heterocycles. The summed E-state index contributed by atoms with van der Waals surface area (Å²) in [5, 5.41) is 3.29. The summed E-state index contributed by atoms with van der Waals surface area (Å²) in [5.41, 5.74) is 3.04. The summed E-state index contributed by atoms with van der Waals surface area (Å²) in [6.07, 6.45) is 2.24. The minimum atomic E-state index is -0.348. The van der Waals surface area contributed by atoms with E-state index >= 15 is 0 Å². The quantitative estimate of drug-likeness (QED) is 0.753.